The van der Waals surface area contributed by atoms with Crippen molar-refractivity contribution in [1.29, 1.82) is 5.26 Å². The van der Waals surface area contributed by atoms with E-state index < -0.39 is 5.91 Å². The van der Waals surface area contributed by atoms with Crippen molar-refractivity contribution in [3.63, 3.8) is 0 Å². The molecule has 7 nitrogen and oxygen atoms in total. The van der Waals surface area contributed by atoms with Gasteiger partial charge in [-0.3, -0.25) is 10.1 Å². The largest absolute Gasteiger partial charge is 0.462 e. The summed E-state index contributed by atoms with van der Waals surface area (Å²) < 4.78 is 7.02. The average Bonchev–Trinajstić information content (AvgIpc) is 3.46. The topological polar surface area (TPSA) is 96.7 Å². The van der Waals surface area contributed by atoms with Crippen LogP contribution in [0.5, 0.6) is 0 Å². The highest BCUT2D eigenvalue weighted by molar-refractivity contribution is 7.18. The maximum atomic E-state index is 12.6. The second-order valence-electron chi connectivity index (χ2n) is 5.94. The first-order valence-electron chi connectivity index (χ1n) is 8.48. The van der Waals surface area contributed by atoms with Gasteiger partial charge in [-0.15, -0.1) is 10.2 Å². The number of carbonyl (C=O) groups excluding carboxylic acids is 1. The summed E-state index contributed by atoms with van der Waals surface area (Å²) >= 11 is 13.3. The van der Waals surface area contributed by atoms with Crippen molar-refractivity contribution in [2.24, 2.45) is 0 Å². The van der Waals surface area contributed by atoms with Gasteiger partial charge in [0.2, 0.25) is 5.13 Å². The van der Waals surface area contributed by atoms with Gasteiger partial charge in [0.25, 0.3) is 5.91 Å². The van der Waals surface area contributed by atoms with Gasteiger partial charge < -0.3 is 8.98 Å². The smallest absolute Gasteiger partial charge is 0.268 e. The molecule has 30 heavy (non-hydrogen) atoms. The number of nitrogens with zero attached hydrogens (tertiary/aromatic N) is 4. The summed E-state index contributed by atoms with van der Waals surface area (Å²) in [5.74, 6) is -0.0569. The minimum atomic E-state index is -0.600. The quantitative estimate of drug-likeness (QED) is 0.319. The molecule has 1 aromatic carbocycles. The molecule has 1 amide bonds. The first-order chi connectivity index (χ1) is 14.5. The van der Waals surface area contributed by atoms with Crippen molar-refractivity contribution in [3.05, 3.63) is 76.2 Å². The SMILES string of the molecule is N#C/C(=C/c1cccn1-c1cc(Cl)cc(Cl)c1)C(=O)Nc1nnc(-c2ccco2)s1. The van der Waals surface area contributed by atoms with E-state index in [1.54, 1.807) is 53.2 Å². The van der Waals surface area contributed by atoms with Gasteiger partial charge in [-0.05, 0) is 48.5 Å². The Morgan fingerprint density at radius 1 is 1.20 bits per heavy atom. The highest BCUT2D eigenvalue weighted by atomic mass is 35.5. The first kappa shape index (κ1) is 19.9. The van der Waals surface area contributed by atoms with E-state index in [0.717, 1.165) is 11.3 Å². The molecule has 0 unspecified atom stereocenters. The van der Waals surface area contributed by atoms with E-state index in [9.17, 15) is 10.1 Å². The van der Waals surface area contributed by atoms with Gasteiger partial charge in [-0.2, -0.15) is 5.26 Å². The summed E-state index contributed by atoms with van der Waals surface area (Å²) in [5.41, 5.74) is 1.21. The molecule has 0 aliphatic heterocycles. The molecule has 3 heterocycles. The number of aromatic nitrogens is 3. The first-order valence-corrected chi connectivity index (χ1v) is 10.0. The molecular weight excluding hydrogens is 445 g/mol. The van der Waals surface area contributed by atoms with Gasteiger partial charge in [0.1, 0.15) is 11.6 Å². The Balaban J connectivity index is 1.58. The number of hydrogen-bond acceptors (Lipinski definition) is 6. The van der Waals surface area contributed by atoms with E-state index in [2.05, 4.69) is 15.5 Å². The van der Waals surface area contributed by atoms with E-state index >= 15 is 0 Å². The van der Waals surface area contributed by atoms with E-state index in [1.165, 1.54) is 12.3 Å². The predicted octanol–water partition coefficient (Wildman–Crippen LogP) is 5.44. The summed E-state index contributed by atoms with van der Waals surface area (Å²) in [6.07, 6.45) is 4.77. The van der Waals surface area contributed by atoms with Crippen LogP contribution in [0.1, 0.15) is 5.69 Å². The molecule has 0 spiro atoms. The van der Waals surface area contributed by atoms with Gasteiger partial charge >= 0.3 is 0 Å². The lowest BCUT2D eigenvalue weighted by molar-refractivity contribution is -0.112. The van der Waals surface area contributed by atoms with E-state index in [1.807, 2.05) is 6.07 Å². The van der Waals surface area contributed by atoms with Gasteiger partial charge in [0, 0.05) is 27.6 Å². The maximum absolute atomic E-state index is 12.6. The van der Waals surface area contributed by atoms with E-state index in [-0.39, 0.29) is 10.7 Å². The fourth-order valence-electron chi connectivity index (χ4n) is 2.66. The monoisotopic (exact) mass is 455 g/mol. The van der Waals surface area contributed by atoms with E-state index in [4.69, 9.17) is 27.6 Å². The van der Waals surface area contributed by atoms with Gasteiger partial charge in [-0.1, -0.05) is 34.5 Å². The number of amides is 1. The second kappa shape index (κ2) is 8.55. The zero-order chi connectivity index (χ0) is 21.1. The number of benzene rings is 1. The normalized spacial score (nSPS) is 11.3. The third kappa shape index (κ3) is 4.28. The van der Waals surface area contributed by atoms with Crippen molar-refractivity contribution in [1.82, 2.24) is 14.8 Å². The molecule has 0 bridgehead atoms. The number of hydrogen-bond donors (Lipinski definition) is 1. The van der Waals surface area contributed by atoms with Crippen LogP contribution in [-0.4, -0.2) is 20.7 Å². The number of nitriles is 1. The molecule has 1 N–H and O–H groups in total. The Morgan fingerprint density at radius 2 is 2.00 bits per heavy atom. The van der Waals surface area contributed by atoms with Gasteiger partial charge in [0.15, 0.2) is 10.8 Å². The van der Waals surface area contributed by atoms with Crippen LogP contribution < -0.4 is 5.32 Å². The summed E-state index contributed by atoms with van der Waals surface area (Å²) in [6, 6.07) is 14.0. The van der Waals surface area contributed by atoms with Crippen LogP contribution in [0.2, 0.25) is 10.0 Å². The fraction of sp³-hybridized carbons (Fsp3) is 0. The number of rotatable bonds is 5. The fourth-order valence-corrected chi connectivity index (χ4v) is 3.88. The Hall–Kier alpha value is -3.38. The number of carbonyl (C=O) groups is 1. The Kier molecular flexibility index (Phi) is 5.68. The summed E-state index contributed by atoms with van der Waals surface area (Å²) in [7, 11) is 0. The van der Waals surface area contributed by atoms with Crippen LogP contribution in [0, 0.1) is 11.3 Å². The second-order valence-corrected chi connectivity index (χ2v) is 7.79. The predicted molar refractivity (Wildman–Crippen MR) is 116 cm³/mol. The summed E-state index contributed by atoms with van der Waals surface area (Å²) in [4.78, 5) is 12.6. The number of anilines is 1. The Bertz CT molecular complexity index is 1260. The summed E-state index contributed by atoms with van der Waals surface area (Å²) in [5, 5.41) is 21.7. The average molecular weight is 456 g/mol. The molecule has 4 aromatic rings. The number of furan rings is 1. The molecule has 0 aliphatic carbocycles. The van der Waals surface area contributed by atoms with Crippen molar-refractivity contribution in [2.45, 2.75) is 0 Å². The standard InChI is InChI=1S/C20H11Cl2N5O2S/c21-13-8-14(22)10-16(9-13)27-5-1-3-15(27)7-12(11-23)18(28)24-20-26-25-19(30-20)17-4-2-6-29-17/h1-10H,(H,24,26,28)/b12-7-. The highest BCUT2D eigenvalue weighted by Crippen LogP contribution is 2.27. The molecule has 0 fully saturated rings. The lowest BCUT2D eigenvalue weighted by atomic mass is 10.2. The lowest BCUT2D eigenvalue weighted by Gasteiger charge is -2.08. The zero-order valence-electron chi connectivity index (χ0n) is 15.0. The van der Waals surface area contributed by atoms with Crippen molar-refractivity contribution in [2.75, 3.05) is 5.32 Å². The van der Waals surface area contributed by atoms with Crippen LogP contribution in [0.25, 0.3) is 22.5 Å². The number of nitrogens with one attached hydrogen (secondary N) is 1. The van der Waals surface area contributed by atoms with Gasteiger partial charge in [0.05, 0.1) is 6.26 Å². The maximum Gasteiger partial charge on any atom is 0.268 e. The molecule has 10 heteroatoms. The van der Waals surface area contributed by atoms with Crippen LogP contribution in [0.3, 0.4) is 0 Å². The van der Waals surface area contributed by atoms with Gasteiger partial charge in [-0.25, -0.2) is 0 Å². The van der Waals surface area contributed by atoms with Crippen molar-refractivity contribution in [3.8, 4) is 22.5 Å². The molecule has 0 aliphatic rings. The van der Waals surface area contributed by atoms with E-state index in [0.29, 0.717) is 32.2 Å². The zero-order valence-corrected chi connectivity index (χ0v) is 17.4. The highest BCUT2D eigenvalue weighted by Gasteiger charge is 2.15. The molecular formula is C20H11Cl2N5O2S. The Morgan fingerprint density at radius 3 is 2.70 bits per heavy atom. The molecule has 148 valence electrons. The molecule has 4 rings (SSSR count). The molecule has 3 aromatic heterocycles. The van der Waals surface area contributed by atoms with Crippen LogP contribution in [0.15, 0.2) is 64.9 Å². The third-order valence-corrected chi connectivity index (χ3v) is 5.23. The van der Waals surface area contributed by atoms with Crippen molar-refractivity contribution < 1.29 is 9.21 Å². The Labute approximate surface area is 184 Å². The summed E-state index contributed by atoms with van der Waals surface area (Å²) in [6.45, 7) is 0. The van der Waals surface area contributed by atoms with Crippen molar-refractivity contribution >= 4 is 51.7 Å². The van der Waals surface area contributed by atoms with Crippen LogP contribution in [-0.2, 0) is 4.79 Å². The minimum Gasteiger partial charge on any atom is -0.462 e. The molecule has 0 radical (unpaired) electrons. The lowest BCUT2D eigenvalue weighted by Crippen LogP contribution is -2.13. The molecule has 0 saturated carbocycles. The molecule has 0 atom stereocenters. The van der Waals surface area contributed by atoms with Crippen LogP contribution >= 0.6 is 34.5 Å². The molecule has 0 saturated heterocycles. The van der Waals surface area contributed by atoms with Crippen LogP contribution in [0.4, 0.5) is 5.13 Å². The third-order valence-electron chi connectivity index (χ3n) is 3.94. The number of halogens is 2. The minimum absolute atomic E-state index is 0.0992.